The predicted octanol–water partition coefficient (Wildman–Crippen LogP) is 1.83. The number of ether oxygens (including phenoxy) is 1. The number of hydrogen-bond donors (Lipinski definition) is 2. The molecule has 0 unspecified atom stereocenters. The number of amides is 1. The fourth-order valence-electron chi connectivity index (χ4n) is 1.48. The van der Waals surface area contributed by atoms with Crippen LogP contribution in [0.1, 0.15) is 26.3 Å². The minimum absolute atomic E-state index is 0.221. The van der Waals surface area contributed by atoms with Crippen molar-refractivity contribution in [3.05, 3.63) is 24.0 Å². The number of aromatic nitrogens is 3. The van der Waals surface area contributed by atoms with E-state index in [2.05, 4.69) is 32.3 Å². The molecule has 0 fully saturated rings. The Balaban J connectivity index is 1.89. The van der Waals surface area contributed by atoms with Crippen molar-refractivity contribution in [2.24, 2.45) is 0 Å². The van der Waals surface area contributed by atoms with Gasteiger partial charge in [0.05, 0.1) is 12.7 Å². The van der Waals surface area contributed by atoms with Crippen molar-refractivity contribution in [1.29, 1.82) is 0 Å². The Morgan fingerprint density at radius 3 is 3.00 bits per heavy atom. The van der Waals surface area contributed by atoms with Gasteiger partial charge in [0.1, 0.15) is 5.60 Å². The minimum atomic E-state index is -0.506. The van der Waals surface area contributed by atoms with Crippen LogP contribution in [-0.2, 0) is 4.74 Å². The van der Waals surface area contributed by atoms with Crippen LogP contribution in [0.5, 0.6) is 0 Å². The lowest BCUT2D eigenvalue weighted by Crippen LogP contribution is -2.32. The smallest absolute Gasteiger partial charge is 0.408 e. The van der Waals surface area contributed by atoms with E-state index in [-0.39, 0.29) is 6.54 Å². The molecule has 104 valence electrons. The lowest BCUT2D eigenvalue weighted by molar-refractivity contribution is 0.0535. The summed E-state index contributed by atoms with van der Waals surface area (Å²) in [5.41, 5.74) is 0.987. The van der Waals surface area contributed by atoms with Crippen LogP contribution >= 0.6 is 0 Å². The first-order chi connectivity index (χ1) is 9.44. The van der Waals surface area contributed by atoms with Crippen molar-refractivity contribution >= 4 is 17.1 Å². The fourth-order valence-corrected chi connectivity index (χ4v) is 1.48. The van der Waals surface area contributed by atoms with Crippen molar-refractivity contribution in [1.82, 2.24) is 20.5 Å². The monoisotopic (exact) mass is 272 g/mol. The topological polar surface area (TPSA) is 79.9 Å². The summed E-state index contributed by atoms with van der Waals surface area (Å²) < 4.78 is 5.09. The van der Waals surface area contributed by atoms with Gasteiger partial charge in [0.15, 0.2) is 5.65 Å². The summed E-state index contributed by atoms with van der Waals surface area (Å²) in [7, 11) is 0. The second kappa shape index (κ2) is 5.61. The van der Waals surface area contributed by atoms with Crippen LogP contribution in [-0.4, -0.2) is 33.4 Å². The van der Waals surface area contributed by atoms with E-state index in [9.17, 15) is 4.79 Å². The molecule has 0 spiro atoms. The van der Waals surface area contributed by atoms with Crippen LogP contribution < -0.4 is 5.32 Å². The molecule has 2 aromatic rings. The molecule has 0 aliphatic carbocycles. The molecule has 0 radical (unpaired) electrons. The largest absolute Gasteiger partial charge is 0.444 e. The van der Waals surface area contributed by atoms with Gasteiger partial charge in [-0.3, -0.25) is 5.10 Å². The van der Waals surface area contributed by atoms with Crippen molar-refractivity contribution in [3.63, 3.8) is 0 Å². The van der Waals surface area contributed by atoms with Gasteiger partial charge in [-0.1, -0.05) is 11.8 Å². The van der Waals surface area contributed by atoms with Crippen LogP contribution in [0.15, 0.2) is 18.5 Å². The van der Waals surface area contributed by atoms with Crippen LogP contribution in [0.4, 0.5) is 4.79 Å². The molecule has 0 saturated heterocycles. The highest BCUT2D eigenvalue weighted by molar-refractivity contribution is 5.75. The highest BCUT2D eigenvalue weighted by Crippen LogP contribution is 2.08. The Morgan fingerprint density at radius 2 is 2.25 bits per heavy atom. The number of alkyl carbamates (subject to hydrolysis) is 1. The molecule has 0 aromatic carbocycles. The molecular formula is C14H16N4O2. The molecule has 6 nitrogen and oxygen atoms in total. The Hall–Kier alpha value is -2.55. The summed E-state index contributed by atoms with van der Waals surface area (Å²) in [6.45, 7) is 5.65. The number of aromatic amines is 1. The summed E-state index contributed by atoms with van der Waals surface area (Å²) in [5, 5.41) is 10.1. The first-order valence-corrected chi connectivity index (χ1v) is 6.19. The van der Waals surface area contributed by atoms with E-state index in [0.717, 1.165) is 16.6 Å². The SMILES string of the molecule is CC(C)(C)OC(=O)NCC#Cc1cnc2[nH]ncc2c1. The molecule has 0 aliphatic rings. The summed E-state index contributed by atoms with van der Waals surface area (Å²) in [5.74, 6) is 5.76. The van der Waals surface area contributed by atoms with Gasteiger partial charge in [-0.2, -0.15) is 5.10 Å². The Labute approximate surface area is 116 Å². The Kier molecular flexibility index (Phi) is 3.89. The predicted molar refractivity (Wildman–Crippen MR) is 75.0 cm³/mol. The van der Waals surface area contributed by atoms with Crippen LogP contribution in [0.3, 0.4) is 0 Å². The van der Waals surface area contributed by atoms with Gasteiger partial charge in [-0.05, 0) is 26.8 Å². The number of nitrogens with zero attached hydrogens (tertiary/aromatic N) is 2. The molecule has 2 rings (SSSR count). The second-order valence-corrected chi connectivity index (χ2v) is 5.19. The van der Waals surface area contributed by atoms with E-state index in [1.165, 1.54) is 0 Å². The summed E-state index contributed by atoms with van der Waals surface area (Å²) in [6.07, 6.45) is 2.86. The van der Waals surface area contributed by atoms with E-state index in [4.69, 9.17) is 4.74 Å². The number of carbonyl (C=O) groups excluding carboxylic acids is 1. The zero-order chi connectivity index (χ0) is 14.6. The Bertz CT molecular complexity index is 674. The number of fused-ring (bicyclic) bond motifs is 1. The normalized spacial score (nSPS) is 10.8. The molecule has 2 aromatic heterocycles. The third-order valence-electron chi connectivity index (χ3n) is 2.24. The van der Waals surface area contributed by atoms with Gasteiger partial charge in [0.2, 0.25) is 0 Å². The summed E-state index contributed by atoms with van der Waals surface area (Å²) >= 11 is 0. The van der Waals surface area contributed by atoms with Crippen molar-refractivity contribution in [3.8, 4) is 11.8 Å². The average Bonchev–Trinajstić information content (AvgIpc) is 2.79. The zero-order valence-corrected chi connectivity index (χ0v) is 11.7. The number of hydrogen-bond acceptors (Lipinski definition) is 4. The van der Waals surface area contributed by atoms with E-state index in [1.54, 1.807) is 12.4 Å². The highest BCUT2D eigenvalue weighted by atomic mass is 16.6. The number of pyridine rings is 1. The number of H-pyrrole nitrogens is 1. The molecule has 20 heavy (non-hydrogen) atoms. The molecule has 0 aliphatic heterocycles. The molecular weight excluding hydrogens is 256 g/mol. The molecule has 0 atom stereocenters. The second-order valence-electron chi connectivity index (χ2n) is 5.19. The quantitative estimate of drug-likeness (QED) is 0.776. The lowest BCUT2D eigenvalue weighted by Gasteiger charge is -2.18. The fraction of sp³-hybridized carbons (Fsp3) is 0.357. The maximum absolute atomic E-state index is 11.4. The van der Waals surface area contributed by atoms with Crippen LogP contribution in [0.25, 0.3) is 11.0 Å². The van der Waals surface area contributed by atoms with Gasteiger partial charge in [-0.25, -0.2) is 9.78 Å². The summed E-state index contributed by atoms with van der Waals surface area (Å²) in [6, 6.07) is 1.88. The number of rotatable bonds is 1. The first kappa shape index (κ1) is 13.9. The van der Waals surface area contributed by atoms with Crippen LogP contribution in [0.2, 0.25) is 0 Å². The molecule has 2 N–H and O–H groups in total. The maximum Gasteiger partial charge on any atom is 0.408 e. The van der Waals surface area contributed by atoms with E-state index in [0.29, 0.717) is 0 Å². The minimum Gasteiger partial charge on any atom is -0.444 e. The van der Waals surface area contributed by atoms with Gasteiger partial charge in [0.25, 0.3) is 0 Å². The highest BCUT2D eigenvalue weighted by Gasteiger charge is 2.14. The van der Waals surface area contributed by atoms with Gasteiger partial charge >= 0.3 is 6.09 Å². The van der Waals surface area contributed by atoms with Crippen molar-refractivity contribution < 1.29 is 9.53 Å². The van der Waals surface area contributed by atoms with Gasteiger partial charge in [0, 0.05) is 17.1 Å². The standard InChI is InChI=1S/C14H16N4O2/c1-14(2,3)20-13(19)15-6-4-5-10-7-11-9-17-18-12(11)16-8-10/h7-9H,6H2,1-3H3,(H,15,19)(H,16,17,18). The lowest BCUT2D eigenvalue weighted by atomic mass is 10.2. The first-order valence-electron chi connectivity index (χ1n) is 6.19. The molecule has 6 heteroatoms. The molecule has 1 amide bonds. The van der Waals surface area contributed by atoms with E-state index >= 15 is 0 Å². The van der Waals surface area contributed by atoms with Crippen LogP contribution in [0, 0.1) is 11.8 Å². The van der Waals surface area contributed by atoms with Crippen molar-refractivity contribution in [2.45, 2.75) is 26.4 Å². The summed E-state index contributed by atoms with van der Waals surface area (Å²) in [4.78, 5) is 15.6. The molecule has 0 bridgehead atoms. The van der Waals surface area contributed by atoms with Gasteiger partial charge in [-0.15, -0.1) is 0 Å². The number of carbonyl (C=O) groups is 1. The molecule has 2 heterocycles. The van der Waals surface area contributed by atoms with E-state index < -0.39 is 11.7 Å². The molecule has 0 saturated carbocycles. The van der Waals surface area contributed by atoms with Crippen molar-refractivity contribution in [2.75, 3.05) is 6.54 Å². The van der Waals surface area contributed by atoms with E-state index in [1.807, 2.05) is 26.8 Å². The maximum atomic E-state index is 11.4. The third kappa shape index (κ3) is 3.99. The van der Waals surface area contributed by atoms with Gasteiger partial charge < -0.3 is 10.1 Å². The number of nitrogens with one attached hydrogen (secondary N) is 2. The average molecular weight is 272 g/mol. The zero-order valence-electron chi connectivity index (χ0n) is 11.7. The third-order valence-corrected chi connectivity index (χ3v) is 2.24. The Morgan fingerprint density at radius 1 is 1.45 bits per heavy atom.